The number of halogens is 1. The van der Waals surface area contributed by atoms with Crippen molar-refractivity contribution < 1.29 is 9.59 Å². The van der Waals surface area contributed by atoms with Gasteiger partial charge in [0.05, 0.1) is 5.69 Å². The molecule has 3 nitrogen and oxygen atoms in total. The summed E-state index contributed by atoms with van der Waals surface area (Å²) in [7, 11) is 0. The van der Waals surface area contributed by atoms with Gasteiger partial charge in [-0.05, 0) is 53.4 Å². The van der Waals surface area contributed by atoms with E-state index in [1.54, 1.807) is 4.90 Å². The van der Waals surface area contributed by atoms with Crippen LogP contribution in [0.1, 0.15) is 42.7 Å². The van der Waals surface area contributed by atoms with Crippen LogP contribution in [0.15, 0.2) is 64.3 Å². The van der Waals surface area contributed by atoms with Crippen molar-refractivity contribution in [3.8, 4) is 0 Å². The fourth-order valence-electron chi connectivity index (χ4n) is 3.99. The van der Waals surface area contributed by atoms with Gasteiger partial charge in [0.15, 0.2) is 5.78 Å². The second-order valence-electron chi connectivity index (χ2n) is 6.99. The van der Waals surface area contributed by atoms with E-state index in [4.69, 9.17) is 0 Å². The minimum atomic E-state index is -0.135. The smallest absolute Gasteiger partial charge is 0.232 e. The molecule has 0 spiro atoms. The Kier molecular flexibility index (Phi) is 4.53. The largest absolute Gasteiger partial charge is 0.294 e. The molecular formula is C22H20BrNO2. The molecule has 2 aromatic carbocycles. The molecule has 0 fully saturated rings. The highest BCUT2D eigenvalue weighted by molar-refractivity contribution is 9.10. The number of Topliss-reactive ketones (excluding diaryl/α,β-unsaturated/α-hetero) is 1. The minimum Gasteiger partial charge on any atom is -0.294 e. The van der Waals surface area contributed by atoms with Gasteiger partial charge in [-0.25, -0.2) is 0 Å². The van der Waals surface area contributed by atoms with Crippen molar-refractivity contribution in [3.05, 3.63) is 75.4 Å². The average Bonchev–Trinajstić information content (AvgIpc) is 2.63. The van der Waals surface area contributed by atoms with E-state index in [1.807, 2.05) is 55.5 Å². The highest BCUT2D eigenvalue weighted by atomic mass is 79.9. The molecule has 0 N–H and O–H groups in total. The van der Waals surface area contributed by atoms with Crippen LogP contribution in [-0.4, -0.2) is 11.7 Å². The first kappa shape index (κ1) is 17.2. The number of amides is 1. The number of hydrogen-bond donors (Lipinski definition) is 0. The number of hydrogen-bond acceptors (Lipinski definition) is 2. The SMILES string of the molecule is Cc1ccc(C2CC(=O)N(c3ccccc3Br)C3=C2C(=O)CCC3)cc1. The Hall–Kier alpha value is -2.20. The van der Waals surface area contributed by atoms with Crippen LogP contribution in [0.3, 0.4) is 0 Å². The summed E-state index contributed by atoms with van der Waals surface area (Å²) in [6, 6.07) is 15.9. The van der Waals surface area contributed by atoms with Crippen molar-refractivity contribution >= 4 is 33.3 Å². The topological polar surface area (TPSA) is 37.4 Å². The predicted octanol–water partition coefficient (Wildman–Crippen LogP) is 5.29. The van der Waals surface area contributed by atoms with E-state index in [-0.39, 0.29) is 17.6 Å². The summed E-state index contributed by atoms with van der Waals surface area (Å²) in [4.78, 5) is 27.7. The monoisotopic (exact) mass is 409 g/mol. The van der Waals surface area contributed by atoms with Crippen LogP contribution in [0.25, 0.3) is 0 Å². The Morgan fingerprint density at radius 3 is 2.46 bits per heavy atom. The Morgan fingerprint density at radius 2 is 1.73 bits per heavy atom. The van der Waals surface area contributed by atoms with Crippen molar-refractivity contribution in [1.82, 2.24) is 0 Å². The first-order chi connectivity index (χ1) is 12.6. The standard InChI is InChI=1S/C22H20BrNO2/c1-14-9-11-15(12-10-14)16-13-21(26)24(18-6-3-2-5-17(18)23)19-7-4-8-20(25)22(16)19/h2-3,5-6,9-12,16H,4,7-8,13H2,1H3. The van der Waals surface area contributed by atoms with Gasteiger partial charge in [0.2, 0.25) is 5.91 Å². The molecule has 2 aromatic rings. The molecule has 1 heterocycles. The molecule has 132 valence electrons. The van der Waals surface area contributed by atoms with Crippen molar-refractivity contribution in [3.63, 3.8) is 0 Å². The van der Waals surface area contributed by atoms with Crippen molar-refractivity contribution in [1.29, 1.82) is 0 Å². The molecular weight excluding hydrogens is 390 g/mol. The van der Waals surface area contributed by atoms with Crippen molar-refractivity contribution in [2.24, 2.45) is 0 Å². The molecule has 1 unspecified atom stereocenters. The fraction of sp³-hybridized carbons (Fsp3) is 0.273. The van der Waals surface area contributed by atoms with E-state index < -0.39 is 0 Å². The number of benzene rings is 2. The van der Waals surface area contributed by atoms with Crippen LogP contribution >= 0.6 is 15.9 Å². The number of anilines is 1. The maximum Gasteiger partial charge on any atom is 0.232 e. The third kappa shape index (κ3) is 2.92. The predicted molar refractivity (Wildman–Crippen MR) is 106 cm³/mol. The lowest BCUT2D eigenvalue weighted by Crippen LogP contribution is -2.40. The Balaban J connectivity index is 1.87. The van der Waals surface area contributed by atoms with Crippen LogP contribution < -0.4 is 4.90 Å². The lowest BCUT2D eigenvalue weighted by atomic mass is 9.77. The van der Waals surface area contributed by atoms with Gasteiger partial charge in [0.25, 0.3) is 0 Å². The Morgan fingerprint density at radius 1 is 1.00 bits per heavy atom. The van der Waals surface area contributed by atoms with E-state index in [9.17, 15) is 9.59 Å². The van der Waals surface area contributed by atoms with Gasteiger partial charge in [0.1, 0.15) is 0 Å². The molecule has 1 aliphatic heterocycles. The summed E-state index contributed by atoms with van der Waals surface area (Å²) in [5.41, 5.74) is 4.76. The van der Waals surface area contributed by atoms with Crippen molar-refractivity contribution in [2.45, 2.75) is 38.5 Å². The quantitative estimate of drug-likeness (QED) is 0.675. The number of rotatable bonds is 2. The lowest BCUT2D eigenvalue weighted by Gasteiger charge is -2.38. The first-order valence-corrected chi connectivity index (χ1v) is 9.76. The first-order valence-electron chi connectivity index (χ1n) is 8.96. The number of ketones is 1. The molecule has 26 heavy (non-hydrogen) atoms. The van der Waals surface area contributed by atoms with E-state index in [1.165, 1.54) is 5.56 Å². The summed E-state index contributed by atoms with van der Waals surface area (Å²) in [5, 5.41) is 0. The highest BCUT2D eigenvalue weighted by Crippen LogP contribution is 2.44. The van der Waals surface area contributed by atoms with Gasteiger partial charge in [0, 0.05) is 34.5 Å². The van der Waals surface area contributed by atoms with Crippen LogP contribution in [0.2, 0.25) is 0 Å². The number of carbonyl (C=O) groups excluding carboxylic acids is 2. The molecule has 4 rings (SSSR count). The highest BCUT2D eigenvalue weighted by Gasteiger charge is 2.40. The van der Waals surface area contributed by atoms with Gasteiger partial charge in [-0.3, -0.25) is 14.5 Å². The van der Waals surface area contributed by atoms with E-state index >= 15 is 0 Å². The third-order valence-electron chi connectivity index (χ3n) is 5.25. The summed E-state index contributed by atoms with van der Waals surface area (Å²) < 4.78 is 0.868. The number of carbonyl (C=O) groups is 2. The van der Waals surface area contributed by atoms with Crippen molar-refractivity contribution in [2.75, 3.05) is 4.90 Å². The van der Waals surface area contributed by atoms with Gasteiger partial charge < -0.3 is 0 Å². The van der Waals surface area contributed by atoms with Crippen LogP contribution in [0, 0.1) is 6.92 Å². The summed E-state index contributed by atoms with van der Waals surface area (Å²) in [5.74, 6) is 0.0990. The molecule has 4 heteroatoms. The molecule has 1 amide bonds. The second kappa shape index (κ2) is 6.84. The maximum atomic E-state index is 13.1. The van der Waals surface area contributed by atoms with E-state index in [2.05, 4.69) is 15.9 Å². The molecule has 1 aliphatic carbocycles. The molecule has 0 aromatic heterocycles. The zero-order valence-electron chi connectivity index (χ0n) is 14.7. The Labute approximate surface area is 161 Å². The number of allylic oxidation sites excluding steroid dienone is 2. The summed E-state index contributed by atoms with van der Waals surface area (Å²) >= 11 is 3.56. The summed E-state index contributed by atoms with van der Waals surface area (Å²) in [6.45, 7) is 2.04. The van der Waals surface area contributed by atoms with Gasteiger partial charge in [-0.15, -0.1) is 0 Å². The van der Waals surface area contributed by atoms with Crippen LogP contribution in [-0.2, 0) is 9.59 Å². The van der Waals surface area contributed by atoms with Gasteiger partial charge >= 0.3 is 0 Å². The molecule has 0 saturated heterocycles. The fourth-order valence-corrected chi connectivity index (χ4v) is 4.45. The number of nitrogens with zero attached hydrogens (tertiary/aromatic N) is 1. The molecule has 1 atom stereocenters. The number of para-hydroxylation sites is 1. The lowest BCUT2D eigenvalue weighted by molar-refractivity contribution is -0.119. The maximum absolute atomic E-state index is 13.1. The zero-order chi connectivity index (χ0) is 18.3. The average molecular weight is 410 g/mol. The summed E-state index contributed by atoms with van der Waals surface area (Å²) in [6.07, 6.45) is 2.46. The van der Waals surface area contributed by atoms with E-state index in [0.717, 1.165) is 39.8 Å². The third-order valence-corrected chi connectivity index (χ3v) is 5.92. The molecule has 0 radical (unpaired) electrons. The normalized spacial score (nSPS) is 20.4. The molecule has 2 aliphatic rings. The molecule has 0 saturated carbocycles. The van der Waals surface area contributed by atoms with Gasteiger partial charge in [-0.1, -0.05) is 42.0 Å². The zero-order valence-corrected chi connectivity index (χ0v) is 16.3. The number of aryl methyl sites for hydroxylation is 1. The van der Waals surface area contributed by atoms with Gasteiger partial charge in [-0.2, -0.15) is 0 Å². The van der Waals surface area contributed by atoms with E-state index in [0.29, 0.717) is 12.8 Å². The second-order valence-corrected chi connectivity index (χ2v) is 7.84. The minimum absolute atomic E-state index is 0.0518. The van der Waals surface area contributed by atoms with Crippen LogP contribution in [0.4, 0.5) is 5.69 Å². The Bertz CT molecular complexity index is 914. The van der Waals surface area contributed by atoms with Crippen LogP contribution in [0.5, 0.6) is 0 Å². The molecule has 0 bridgehead atoms.